The van der Waals surface area contributed by atoms with E-state index in [4.69, 9.17) is 0 Å². The van der Waals surface area contributed by atoms with Gasteiger partial charge in [-0.1, -0.05) is 6.07 Å². The molecule has 2 atom stereocenters. The van der Waals surface area contributed by atoms with Crippen LogP contribution in [0.4, 0.5) is 29.1 Å². The Morgan fingerprint density at radius 1 is 1.26 bits per heavy atom. The summed E-state index contributed by atoms with van der Waals surface area (Å²) >= 11 is 0. The van der Waals surface area contributed by atoms with Crippen LogP contribution in [0.5, 0.6) is 0 Å². The molecule has 4 rings (SSSR count). The number of anilines is 2. The first-order valence-electron chi connectivity index (χ1n) is 11.3. The number of hydrogen-bond acceptors (Lipinski definition) is 5. The third-order valence-electron chi connectivity index (χ3n) is 5.89. The molecule has 1 aliphatic rings. The minimum absolute atomic E-state index is 0.137. The Kier molecular flexibility index (Phi) is 6.36. The van der Waals surface area contributed by atoms with Crippen molar-refractivity contribution in [2.24, 2.45) is 5.92 Å². The van der Waals surface area contributed by atoms with Crippen molar-refractivity contribution in [2.45, 2.75) is 63.8 Å². The Morgan fingerprint density at radius 3 is 2.54 bits per heavy atom. The highest BCUT2D eigenvalue weighted by molar-refractivity contribution is 5.91. The van der Waals surface area contributed by atoms with Gasteiger partial charge in [0.05, 0.1) is 24.0 Å². The van der Waals surface area contributed by atoms with Gasteiger partial charge in [-0.25, -0.2) is 4.39 Å². The van der Waals surface area contributed by atoms with Gasteiger partial charge < -0.3 is 10.3 Å². The van der Waals surface area contributed by atoms with Gasteiger partial charge in [0.25, 0.3) is 5.56 Å². The van der Waals surface area contributed by atoms with Crippen molar-refractivity contribution >= 4 is 22.4 Å². The van der Waals surface area contributed by atoms with Crippen molar-refractivity contribution in [3.63, 3.8) is 0 Å². The zero-order chi connectivity index (χ0) is 25.5. The molecule has 186 valence electrons. The maximum atomic E-state index is 14.9. The molecule has 2 unspecified atom stereocenters. The molecule has 1 aliphatic carbocycles. The predicted octanol–water partition coefficient (Wildman–Crippen LogP) is 5.46. The normalized spacial score (nSPS) is 16.2. The first kappa shape index (κ1) is 24.7. The SMILES string of the molecule is CC(C)(C)NC(c1ccc(Nc2nn(C(CC#N)C3CC3)c3cc[nH]c(=O)c23)cc1F)C(F)(F)F. The van der Waals surface area contributed by atoms with Crippen LogP contribution in [0.1, 0.15) is 57.7 Å². The van der Waals surface area contributed by atoms with Crippen LogP contribution in [0.25, 0.3) is 10.9 Å². The fourth-order valence-corrected chi connectivity index (χ4v) is 4.21. The molecule has 2 heterocycles. The van der Waals surface area contributed by atoms with Gasteiger partial charge in [-0.15, -0.1) is 0 Å². The fourth-order valence-electron chi connectivity index (χ4n) is 4.21. The van der Waals surface area contributed by atoms with Gasteiger partial charge in [-0.3, -0.25) is 14.8 Å². The molecule has 1 saturated carbocycles. The van der Waals surface area contributed by atoms with E-state index in [-0.39, 0.29) is 35.3 Å². The van der Waals surface area contributed by atoms with Gasteiger partial charge in [0.1, 0.15) is 17.2 Å². The van der Waals surface area contributed by atoms with Crippen LogP contribution in [-0.4, -0.2) is 26.5 Å². The second-order valence-electron chi connectivity index (χ2n) is 9.86. The number of nitrogens with zero attached hydrogens (tertiary/aromatic N) is 3. The molecule has 0 aliphatic heterocycles. The minimum atomic E-state index is -4.70. The summed E-state index contributed by atoms with van der Waals surface area (Å²) in [6.45, 7) is 4.71. The Morgan fingerprint density at radius 2 is 1.97 bits per heavy atom. The highest BCUT2D eigenvalue weighted by Gasteiger charge is 2.44. The zero-order valence-electron chi connectivity index (χ0n) is 19.5. The quantitative estimate of drug-likeness (QED) is 0.382. The van der Waals surface area contributed by atoms with E-state index < -0.39 is 34.7 Å². The highest BCUT2D eigenvalue weighted by Crippen LogP contribution is 2.43. The van der Waals surface area contributed by atoms with Gasteiger partial charge >= 0.3 is 6.18 Å². The second kappa shape index (κ2) is 9.00. The molecule has 3 N–H and O–H groups in total. The molecule has 0 saturated heterocycles. The van der Waals surface area contributed by atoms with E-state index in [1.54, 1.807) is 31.5 Å². The number of aromatic nitrogens is 3. The van der Waals surface area contributed by atoms with Crippen molar-refractivity contribution in [1.29, 1.82) is 5.26 Å². The number of H-pyrrole nitrogens is 1. The fraction of sp³-hybridized carbons (Fsp3) is 0.458. The molecule has 0 radical (unpaired) electrons. The Balaban J connectivity index is 1.71. The van der Waals surface area contributed by atoms with Crippen LogP contribution in [0.3, 0.4) is 0 Å². The summed E-state index contributed by atoms with van der Waals surface area (Å²) in [5, 5.41) is 19.3. The van der Waals surface area contributed by atoms with E-state index in [9.17, 15) is 27.6 Å². The summed E-state index contributed by atoms with van der Waals surface area (Å²) in [5.74, 6) is -0.638. The Bertz CT molecular complexity index is 1330. The summed E-state index contributed by atoms with van der Waals surface area (Å²) in [4.78, 5) is 15.2. The molecule has 0 spiro atoms. The van der Waals surface area contributed by atoms with E-state index in [0.717, 1.165) is 25.0 Å². The monoisotopic (exact) mass is 490 g/mol. The van der Waals surface area contributed by atoms with Gasteiger partial charge in [0, 0.05) is 23.0 Å². The van der Waals surface area contributed by atoms with Gasteiger partial charge in [-0.2, -0.15) is 23.5 Å². The summed E-state index contributed by atoms with van der Waals surface area (Å²) in [5.41, 5.74) is -1.20. The third-order valence-corrected chi connectivity index (χ3v) is 5.89. The van der Waals surface area contributed by atoms with E-state index in [2.05, 4.69) is 26.8 Å². The summed E-state index contributed by atoms with van der Waals surface area (Å²) in [7, 11) is 0. The maximum Gasteiger partial charge on any atom is 0.408 e. The number of rotatable bonds is 7. The molecule has 35 heavy (non-hydrogen) atoms. The highest BCUT2D eigenvalue weighted by atomic mass is 19.4. The number of nitriles is 1. The van der Waals surface area contributed by atoms with Crippen LogP contribution in [0, 0.1) is 23.1 Å². The Labute approximate surface area is 199 Å². The van der Waals surface area contributed by atoms with E-state index >= 15 is 0 Å². The number of nitrogens with one attached hydrogen (secondary N) is 3. The molecule has 3 aromatic rings. The molecular formula is C24H26F4N6O. The Hall–Kier alpha value is -3.39. The first-order valence-corrected chi connectivity index (χ1v) is 11.3. The molecule has 11 heteroatoms. The lowest BCUT2D eigenvalue weighted by molar-refractivity contribution is -0.162. The number of fused-ring (bicyclic) bond motifs is 1. The lowest BCUT2D eigenvalue weighted by atomic mass is 10.0. The van der Waals surface area contributed by atoms with E-state index in [1.807, 2.05) is 0 Å². The molecule has 2 aromatic heterocycles. The van der Waals surface area contributed by atoms with Crippen LogP contribution >= 0.6 is 0 Å². The molecular weight excluding hydrogens is 464 g/mol. The van der Waals surface area contributed by atoms with Crippen molar-refractivity contribution < 1.29 is 17.6 Å². The smallest absolute Gasteiger partial charge is 0.338 e. The van der Waals surface area contributed by atoms with Crippen molar-refractivity contribution in [3.05, 3.63) is 52.2 Å². The number of pyridine rings is 1. The summed E-state index contributed by atoms with van der Waals surface area (Å²) in [6, 6.07) is 4.78. The number of alkyl halides is 3. The number of aromatic amines is 1. The van der Waals surface area contributed by atoms with Crippen LogP contribution in [0.15, 0.2) is 35.3 Å². The predicted molar refractivity (Wildman–Crippen MR) is 124 cm³/mol. The lowest BCUT2D eigenvalue weighted by Gasteiger charge is -2.30. The van der Waals surface area contributed by atoms with Gasteiger partial charge in [-0.05, 0) is 57.7 Å². The minimum Gasteiger partial charge on any atom is -0.338 e. The van der Waals surface area contributed by atoms with E-state index in [1.165, 1.54) is 12.3 Å². The van der Waals surface area contributed by atoms with Gasteiger partial charge in [0.2, 0.25) is 0 Å². The molecule has 0 bridgehead atoms. The van der Waals surface area contributed by atoms with Crippen molar-refractivity contribution in [2.75, 3.05) is 5.32 Å². The van der Waals surface area contributed by atoms with Crippen molar-refractivity contribution in [3.8, 4) is 6.07 Å². The number of halogens is 4. The second-order valence-corrected chi connectivity index (χ2v) is 9.86. The van der Waals surface area contributed by atoms with Crippen molar-refractivity contribution in [1.82, 2.24) is 20.1 Å². The first-order chi connectivity index (χ1) is 16.4. The summed E-state index contributed by atoms with van der Waals surface area (Å²) < 4.78 is 57.6. The standard InChI is InChI=1S/C24H26F4N6O/c1-23(2,3)32-20(24(26,27)28)15-7-6-14(12-16(15)25)31-21-19-18(9-11-30-22(19)35)34(33-21)17(8-10-29)13-4-5-13/h6-7,9,11-13,17,20,32H,4-5,8H2,1-3H3,(H,30,35)(H,31,33). The largest absolute Gasteiger partial charge is 0.408 e. The average molecular weight is 491 g/mol. The zero-order valence-corrected chi connectivity index (χ0v) is 19.5. The third kappa shape index (κ3) is 5.32. The maximum absolute atomic E-state index is 14.9. The topological polar surface area (TPSA) is 98.5 Å². The van der Waals surface area contributed by atoms with E-state index in [0.29, 0.717) is 5.52 Å². The lowest BCUT2D eigenvalue weighted by Crippen LogP contribution is -2.45. The number of hydrogen-bond donors (Lipinski definition) is 3. The number of benzene rings is 1. The van der Waals surface area contributed by atoms with Crippen LogP contribution in [-0.2, 0) is 0 Å². The van der Waals surface area contributed by atoms with Crippen LogP contribution in [0.2, 0.25) is 0 Å². The van der Waals surface area contributed by atoms with Gasteiger partial charge in [0.15, 0.2) is 5.82 Å². The molecule has 7 nitrogen and oxygen atoms in total. The van der Waals surface area contributed by atoms with Crippen LogP contribution < -0.4 is 16.2 Å². The average Bonchev–Trinajstić information content (AvgIpc) is 3.52. The molecule has 0 amide bonds. The molecule has 1 aromatic carbocycles. The molecule has 1 fully saturated rings. The summed E-state index contributed by atoms with van der Waals surface area (Å²) in [6.07, 6.45) is -1.10.